The SMILES string of the molecule is CC(C)(C)OC(=O)N1CC[C@H]2C(=O)CC[C@H]2C1. The lowest BCUT2D eigenvalue weighted by molar-refractivity contribution is -0.122. The minimum absolute atomic E-state index is 0.202. The second-order valence-electron chi connectivity index (χ2n) is 6.09. The van der Waals surface area contributed by atoms with Gasteiger partial charge in [0.25, 0.3) is 0 Å². The van der Waals surface area contributed by atoms with Crippen molar-refractivity contribution in [2.45, 2.75) is 45.6 Å². The largest absolute Gasteiger partial charge is 0.444 e. The van der Waals surface area contributed by atoms with E-state index in [2.05, 4.69) is 0 Å². The average molecular weight is 239 g/mol. The average Bonchev–Trinajstić information content (AvgIpc) is 2.57. The molecule has 1 saturated carbocycles. The second kappa shape index (κ2) is 4.31. The van der Waals surface area contributed by atoms with Crippen LogP contribution in [0.1, 0.15) is 40.0 Å². The summed E-state index contributed by atoms with van der Waals surface area (Å²) in [6.45, 7) is 6.96. The lowest BCUT2D eigenvalue weighted by atomic mass is 9.88. The molecule has 2 atom stereocenters. The fraction of sp³-hybridized carbons (Fsp3) is 0.846. The van der Waals surface area contributed by atoms with Crippen LogP contribution >= 0.6 is 0 Å². The van der Waals surface area contributed by atoms with Crippen molar-refractivity contribution in [1.82, 2.24) is 4.90 Å². The topological polar surface area (TPSA) is 46.6 Å². The minimum Gasteiger partial charge on any atom is -0.444 e. The van der Waals surface area contributed by atoms with Crippen LogP contribution in [0, 0.1) is 11.8 Å². The Balaban J connectivity index is 1.93. The molecule has 2 fully saturated rings. The summed E-state index contributed by atoms with van der Waals surface area (Å²) in [6.07, 6.45) is 2.19. The van der Waals surface area contributed by atoms with Crippen LogP contribution in [0.15, 0.2) is 0 Å². The van der Waals surface area contributed by atoms with Crippen molar-refractivity contribution in [3.8, 4) is 0 Å². The molecule has 17 heavy (non-hydrogen) atoms. The predicted octanol–water partition coefficient (Wildman–Crippen LogP) is 2.22. The third-order valence-electron chi connectivity index (χ3n) is 3.56. The third-order valence-corrected chi connectivity index (χ3v) is 3.56. The molecule has 1 saturated heterocycles. The number of fused-ring (bicyclic) bond motifs is 1. The number of amides is 1. The summed E-state index contributed by atoms with van der Waals surface area (Å²) < 4.78 is 5.35. The number of rotatable bonds is 0. The maximum Gasteiger partial charge on any atom is 0.410 e. The Morgan fingerprint density at radius 3 is 2.71 bits per heavy atom. The maximum atomic E-state index is 11.9. The number of hydrogen-bond acceptors (Lipinski definition) is 3. The van der Waals surface area contributed by atoms with Crippen LogP contribution in [0.2, 0.25) is 0 Å². The zero-order valence-corrected chi connectivity index (χ0v) is 10.9. The molecule has 0 spiro atoms. The van der Waals surface area contributed by atoms with Gasteiger partial charge in [0.05, 0.1) is 0 Å². The predicted molar refractivity (Wildman–Crippen MR) is 63.6 cm³/mol. The molecule has 96 valence electrons. The summed E-state index contributed by atoms with van der Waals surface area (Å²) in [5, 5.41) is 0. The van der Waals surface area contributed by atoms with Crippen LogP contribution in [0.5, 0.6) is 0 Å². The van der Waals surface area contributed by atoms with E-state index in [4.69, 9.17) is 4.74 Å². The van der Waals surface area contributed by atoms with Gasteiger partial charge in [0.2, 0.25) is 0 Å². The molecular formula is C13H21NO3. The van der Waals surface area contributed by atoms with Crippen LogP contribution in [0.4, 0.5) is 4.79 Å². The first kappa shape index (κ1) is 12.4. The molecule has 2 rings (SSSR count). The van der Waals surface area contributed by atoms with E-state index in [-0.39, 0.29) is 12.0 Å². The molecule has 0 aromatic carbocycles. The number of likely N-dealkylation sites (tertiary alicyclic amines) is 1. The lowest BCUT2D eigenvalue weighted by Crippen LogP contribution is -2.45. The van der Waals surface area contributed by atoms with Crippen molar-refractivity contribution in [3.63, 3.8) is 0 Å². The molecule has 2 aliphatic rings. The van der Waals surface area contributed by atoms with Gasteiger partial charge in [-0.1, -0.05) is 0 Å². The summed E-state index contributed by atoms with van der Waals surface area (Å²) in [6, 6.07) is 0. The highest BCUT2D eigenvalue weighted by Crippen LogP contribution is 2.35. The Morgan fingerprint density at radius 2 is 2.06 bits per heavy atom. The highest BCUT2D eigenvalue weighted by molar-refractivity contribution is 5.83. The number of carbonyl (C=O) groups excluding carboxylic acids is 2. The lowest BCUT2D eigenvalue weighted by Gasteiger charge is -2.35. The maximum absolute atomic E-state index is 11.9. The smallest absolute Gasteiger partial charge is 0.410 e. The van der Waals surface area contributed by atoms with Crippen molar-refractivity contribution < 1.29 is 14.3 Å². The molecule has 4 heteroatoms. The molecule has 0 unspecified atom stereocenters. The molecule has 1 aliphatic heterocycles. The van der Waals surface area contributed by atoms with Crippen molar-refractivity contribution in [2.24, 2.45) is 11.8 Å². The third kappa shape index (κ3) is 2.79. The van der Waals surface area contributed by atoms with Gasteiger partial charge in [0.1, 0.15) is 11.4 Å². The van der Waals surface area contributed by atoms with E-state index < -0.39 is 5.60 Å². The number of hydrogen-bond donors (Lipinski definition) is 0. The summed E-state index contributed by atoms with van der Waals surface area (Å²) in [5.74, 6) is 0.955. The fourth-order valence-electron chi connectivity index (χ4n) is 2.75. The van der Waals surface area contributed by atoms with Crippen LogP contribution < -0.4 is 0 Å². The summed E-state index contributed by atoms with van der Waals surface area (Å²) in [7, 11) is 0. The molecule has 1 aliphatic carbocycles. The first-order chi connectivity index (χ1) is 7.87. The van der Waals surface area contributed by atoms with Crippen LogP contribution in [-0.4, -0.2) is 35.5 Å². The highest BCUT2D eigenvalue weighted by atomic mass is 16.6. The Morgan fingerprint density at radius 1 is 1.35 bits per heavy atom. The molecule has 0 aromatic rings. The summed E-state index contributed by atoms with van der Waals surface area (Å²) >= 11 is 0. The van der Waals surface area contributed by atoms with E-state index in [0.717, 1.165) is 12.8 Å². The molecule has 1 amide bonds. The number of ketones is 1. The van der Waals surface area contributed by atoms with E-state index >= 15 is 0 Å². The van der Waals surface area contributed by atoms with Gasteiger partial charge in [0, 0.05) is 25.4 Å². The fourth-order valence-corrected chi connectivity index (χ4v) is 2.75. The van der Waals surface area contributed by atoms with Gasteiger partial charge in [-0.05, 0) is 39.5 Å². The van der Waals surface area contributed by atoms with Gasteiger partial charge < -0.3 is 9.64 Å². The summed E-state index contributed by atoms with van der Waals surface area (Å²) in [5.41, 5.74) is -0.445. The molecule has 0 radical (unpaired) electrons. The van der Waals surface area contributed by atoms with Crippen LogP contribution in [0.3, 0.4) is 0 Å². The van der Waals surface area contributed by atoms with Crippen molar-refractivity contribution in [1.29, 1.82) is 0 Å². The summed E-state index contributed by atoms with van der Waals surface area (Å²) in [4.78, 5) is 25.2. The molecule has 0 bridgehead atoms. The number of nitrogens with zero attached hydrogens (tertiary/aromatic N) is 1. The van der Waals surface area contributed by atoms with Gasteiger partial charge in [-0.15, -0.1) is 0 Å². The number of carbonyl (C=O) groups is 2. The van der Waals surface area contributed by atoms with Crippen LogP contribution in [0.25, 0.3) is 0 Å². The Bertz CT molecular complexity index is 332. The number of piperidine rings is 1. The zero-order chi connectivity index (χ0) is 12.6. The van der Waals surface area contributed by atoms with Gasteiger partial charge in [0.15, 0.2) is 0 Å². The molecule has 1 heterocycles. The minimum atomic E-state index is -0.445. The number of ether oxygens (including phenoxy) is 1. The number of Topliss-reactive ketones (excluding diaryl/α,β-unsaturated/α-hetero) is 1. The van der Waals surface area contributed by atoms with E-state index in [9.17, 15) is 9.59 Å². The van der Waals surface area contributed by atoms with Crippen LogP contribution in [-0.2, 0) is 9.53 Å². The quantitative estimate of drug-likeness (QED) is 0.651. The standard InChI is InChI=1S/C13H21NO3/c1-13(2,3)17-12(16)14-7-6-10-9(8-14)4-5-11(10)15/h9-10H,4-8H2,1-3H3/t9-,10+/m0/s1. The van der Waals surface area contributed by atoms with E-state index in [1.54, 1.807) is 4.90 Å². The normalized spacial score (nSPS) is 29.1. The van der Waals surface area contributed by atoms with Crippen molar-refractivity contribution in [3.05, 3.63) is 0 Å². The first-order valence-corrected chi connectivity index (χ1v) is 6.37. The molecular weight excluding hydrogens is 218 g/mol. The van der Waals surface area contributed by atoms with Crippen molar-refractivity contribution in [2.75, 3.05) is 13.1 Å². The highest BCUT2D eigenvalue weighted by Gasteiger charge is 2.40. The van der Waals surface area contributed by atoms with Gasteiger partial charge in [-0.2, -0.15) is 0 Å². The van der Waals surface area contributed by atoms with Gasteiger partial charge in [-0.3, -0.25) is 4.79 Å². The molecule has 4 nitrogen and oxygen atoms in total. The molecule has 0 aromatic heterocycles. The second-order valence-corrected chi connectivity index (χ2v) is 6.09. The zero-order valence-electron chi connectivity index (χ0n) is 10.9. The monoisotopic (exact) mass is 239 g/mol. The Hall–Kier alpha value is -1.06. The van der Waals surface area contributed by atoms with Gasteiger partial charge >= 0.3 is 6.09 Å². The van der Waals surface area contributed by atoms with E-state index in [0.29, 0.717) is 31.2 Å². The van der Waals surface area contributed by atoms with Gasteiger partial charge in [-0.25, -0.2) is 4.79 Å². The van der Waals surface area contributed by atoms with Crippen molar-refractivity contribution >= 4 is 11.9 Å². The first-order valence-electron chi connectivity index (χ1n) is 6.37. The van der Waals surface area contributed by atoms with E-state index in [1.165, 1.54) is 0 Å². The van der Waals surface area contributed by atoms with E-state index in [1.807, 2.05) is 20.8 Å². The Labute approximate surface area is 102 Å². The molecule has 0 N–H and O–H groups in total. The Kier molecular flexibility index (Phi) is 3.15.